The number of allylic oxidation sites excluding steroid dienone is 2. The molecule has 0 aromatic carbocycles. The lowest BCUT2D eigenvalue weighted by Crippen LogP contribution is -2.48. The number of nitriles is 3. The predicted molar refractivity (Wildman–Crippen MR) is 91.2 cm³/mol. The van der Waals surface area contributed by atoms with Crippen molar-refractivity contribution in [3.05, 3.63) is 53.0 Å². The van der Waals surface area contributed by atoms with Gasteiger partial charge >= 0.3 is 0 Å². The molecule has 0 spiro atoms. The number of likely N-dealkylation sites (N-methyl/N-ethyl adjacent to an activating group) is 1. The first kappa shape index (κ1) is 16.7. The van der Waals surface area contributed by atoms with Crippen molar-refractivity contribution in [1.82, 2.24) is 9.88 Å². The Morgan fingerprint density at radius 2 is 1.96 bits per heavy atom. The zero-order valence-corrected chi connectivity index (χ0v) is 14.0. The van der Waals surface area contributed by atoms with Crippen LogP contribution in [0.1, 0.15) is 18.4 Å². The Bertz CT molecular complexity index is 848. The Balaban J connectivity index is 2.30. The summed E-state index contributed by atoms with van der Waals surface area (Å²) in [4.78, 5) is 6.27. The number of nitrogens with zero attached hydrogens (tertiary/aromatic N) is 5. The zero-order chi connectivity index (χ0) is 18.0. The molecule has 1 aliphatic carbocycles. The lowest BCUT2D eigenvalue weighted by molar-refractivity contribution is 0.214. The number of fused-ring (bicyclic) bond motifs is 1. The van der Waals surface area contributed by atoms with Gasteiger partial charge in [0.2, 0.25) is 0 Å². The smallest absolute Gasteiger partial charge is 0.191 e. The monoisotopic (exact) mass is 330 g/mol. The fraction of sp³-hybridized carbons (Fsp3) is 0.368. The third-order valence-corrected chi connectivity index (χ3v) is 5.25. The molecule has 1 aromatic heterocycles. The fourth-order valence-corrected chi connectivity index (χ4v) is 3.94. The molecule has 124 valence electrons. The minimum atomic E-state index is -1.56. The van der Waals surface area contributed by atoms with Crippen LogP contribution in [-0.2, 0) is 0 Å². The van der Waals surface area contributed by atoms with Gasteiger partial charge in [-0.05, 0) is 29.8 Å². The summed E-state index contributed by atoms with van der Waals surface area (Å²) < 4.78 is 0. The summed E-state index contributed by atoms with van der Waals surface area (Å²) >= 11 is 0. The summed E-state index contributed by atoms with van der Waals surface area (Å²) in [6.45, 7) is 4.34. The normalized spacial score (nSPS) is 25.1. The van der Waals surface area contributed by atoms with Crippen LogP contribution >= 0.6 is 0 Å². The van der Waals surface area contributed by atoms with Gasteiger partial charge in [0.1, 0.15) is 6.07 Å². The van der Waals surface area contributed by atoms with E-state index in [0.717, 1.165) is 24.2 Å². The Morgan fingerprint density at radius 3 is 2.52 bits per heavy atom. The Kier molecular flexibility index (Phi) is 4.28. The molecule has 2 atom stereocenters. The average molecular weight is 330 g/mol. The van der Waals surface area contributed by atoms with Crippen molar-refractivity contribution >= 4 is 0 Å². The number of rotatable bonds is 2. The van der Waals surface area contributed by atoms with Crippen molar-refractivity contribution in [3.63, 3.8) is 0 Å². The minimum Gasteiger partial charge on any atom is -0.399 e. The number of aromatic nitrogens is 1. The molecular formula is C19H18N6. The number of pyridine rings is 1. The zero-order valence-electron chi connectivity index (χ0n) is 14.0. The predicted octanol–water partition coefficient (Wildman–Crippen LogP) is 1.83. The number of hydrogen-bond acceptors (Lipinski definition) is 6. The van der Waals surface area contributed by atoms with Crippen molar-refractivity contribution in [2.75, 3.05) is 19.6 Å². The second-order valence-corrected chi connectivity index (χ2v) is 6.31. The first-order chi connectivity index (χ1) is 12.1. The van der Waals surface area contributed by atoms with Crippen LogP contribution in [0.25, 0.3) is 0 Å². The summed E-state index contributed by atoms with van der Waals surface area (Å²) in [7, 11) is 0. The molecule has 0 saturated carbocycles. The van der Waals surface area contributed by atoms with E-state index in [2.05, 4.69) is 35.0 Å². The Hall–Kier alpha value is -3.14. The first-order valence-corrected chi connectivity index (χ1v) is 8.18. The molecule has 1 aromatic rings. The van der Waals surface area contributed by atoms with Crippen molar-refractivity contribution in [3.8, 4) is 18.2 Å². The molecule has 0 radical (unpaired) electrons. The van der Waals surface area contributed by atoms with Crippen molar-refractivity contribution < 1.29 is 0 Å². The van der Waals surface area contributed by atoms with E-state index in [9.17, 15) is 15.8 Å². The second-order valence-electron chi connectivity index (χ2n) is 6.31. The van der Waals surface area contributed by atoms with Gasteiger partial charge in [0.25, 0.3) is 0 Å². The lowest BCUT2D eigenvalue weighted by Gasteiger charge is -2.45. The van der Waals surface area contributed by atoms with Gasteiger partial charge in [-0.1, -0.05) is 13.0 Å². The minimum absolute atomic E-state index is 0.0641. The van der Waals surface area contributed by atoms with Gasteiger partial charge in [-0.25, -0.2) is 0 Å². The number of hydrogen-bond donors (Lipinski definition) is 1. The van der Waals surface area contributed by atoms with Gasteiger partial charge in [-0.15, -0.1) is 0 Å². The molecule has 1 aliphatic heterocycles. The summed E-state index contributed by atoms with van der Waals surface area (Å²) in [5, 5.41) is 29.5. The molecule has 0 unspecified atom stereocenters. The molecule has 6 heteroatoms. The summed E-state index contributed by atoms with van der Waals surface area (Å²) in [6.07, 6.45) is 5.31. The van der Waals surface area contributed by atoms with E-state index in [4.69, 9.17) is 5.73 Å². The molecule has 0 fully saturated rings. The van der Waals surface area contributed by atoms with Crippen LogP contribution in [0, 0.1) is 45.3 Å². The van der Waals surface area contributed by atoms with Gasteiger partial charge < -0.3 is 5.73 Å². The molecule has 3 rings (SSSR count). The van der Waals surface area contributed by atoms with Gasteiger partial charge in [0.05, 0.1) is 23.4 Å². The van der Waals surface area contributed by atoms with Crippen LogP contribution in [0.4, 0.5) is 0 Å². The van der Waals surface area contributed by atoms with Crippen LogP contribution in [-0.4, -0.2) is 29.5 Å². The fourth-order valence-electron chi connectivity index (χ4n) is 3.94. The largest absolute Gasteiger partial charge is 0.399 e. The third kappa shape index (κ3) is 2.38. The van der Waals surface area contributed by atoms with E-state index in [0.29, 0.717) is 6.54 Å². The van der Waals surface area contributed by atoms with Crippen molar-refractivity contribution in [2.45, 2.75) is 12.8 Å². The average Bonchev–Trinajstić information content (AvgIpc) is 2.67. The van der Waals surface area contributed by atoms with Gasteiger partial charge in [0, 0.05) is 37.3 Å². The molecule has 2 N–H and O–H groups in total. The van der Waals surface area contributed by atoms with Gasteiger partial charge in [-0.3, -0.25) is 9.88 Å². The van der Waals surface area contributed by atoms with Crippen LogP contribution in [0.5, 0.6) is 0 Å². The lowest BCUT2D eigenvalue weighted by atomic mass is 9.58. The molecular weight excluding hydrogens is 312 g/mol. The summed E-state index contributed by atoms with van der Waals surface area (Å²) in [5.41, 5.74) is 6.71. The number of nitrogens with two attached hydrogens (primary N) is 1. The highest BCUT2D eigenvalue weighted by Gasteiger charge is 2.54. The maximum Gasteiger partial charge on any atom is 0.191 e. The van der Waals surface area contributed by atoms with E-state index >= 15 is 0 Å². The van der Waals surface area contributed by atoms with Crippen LogP contribution in [0.15, 0.2) is 47.4 Å². The van der Waals surface area contributed by atoms with Crippen LogP contribution in [0.3, 0.4) is 0 Å². The maximum absolute atomic E-state index is 9.93. The van der Waals surface area contributed by atoms with Crippen LogP contribution in [0.2, 0.25) is 0 Å². The van der Waals surface area contributed by atoms with E-state index in [1.807, 2.05) is 18.2 Å². The van der Waals surface area contributed by atoms with Gasteiger partial charge in [0.15, 0.2) is 5.41 Å². The highest BCUT2D eigenvalue weighted by Crippen LogP contribution is 2.53. The third-order valence-electron chi connectivity index (χ3n) is 5.25. The van der Waals surface area contributed by atoms with E-state index in [1.54, 1.807) is 12.4 Å². The van der Waals surface area contributed by atoms with Crippen molar-refractivity contribution in [2.24, 2.45) is 17.1 Å². The maximum atomic E-state index is 9.93. The Labute approximate surface area is 147 Å². The molecule has 0 saturated heterocycles. The summed E-state index contributed by atoms with van der Waals surface area (Å²) in [6, 6.07) is 10.0. The quantitative estimate of drug-likeness (QED) is 0.885. The van der Waals surface area contributed by atoms with E-state index < -0.39 is 11.3 Å². The topological polar surface area (TPSA) is 114 Å². The van der Waals surface area contributed by atoms with E-state index in [1.165, 1.54) is 0 Å². The SMILES string of the molecule is CCN1CC=C2C(C#N)=C(N)C(C#N)(C#N)[C@H](c3ccncc3)[C@@H]2C1. The molecule has 6 nitrogen and oxygen atoms in total. The molecule has 25 heavy (non-hydrogen) atoms. The summed E-state index contributed by atoms with van der Waals surface area (Å²) in [5.74, 6) is -0.583. The van der Waals surface area contributed by atoms with Crippen molar-refractivity contribution in [1.29, 1.82) is 15.8 Å². The van der Waals surface area contributed by atoms with E-state index in [-0.39, 0.29) is 17.2 Å². The molecule has 0 bridgehead atoms. The first-order valence-electron chi connectivity index (χ1n) is 8.18. The highest BCUT2D eigenvalue weighted by molar-refractivity contribution is 5.59. The molecule has 2 heterocycles. The standard InChI is InChI=1S/C19H18N6/c1-2-25-8-5-14-15(9-20)18(23)19(11-21,12-22)17(16(14)10-25)13-3-6-24-7-4-13/h3-7,16-17H,2,8,10,23H2,1H3/t16-,17-/m1/s1. The molecule has 2 aliphatic rings. The van der Waals surface area contributed by atoms with Gasteiger partial charge in [-0.2, -0.15) is 15.8 Å². The van der Waals surface area contributed by atoms with Crippen LogP contribution < -0.4 is 5.73 Å². The Morgan fingerprint density at radius 1 is 1.28 bits per heavy atom. The molecule has 0 amide bonds. The second kappa shape index (κ2) is 6.40. The highest BCUT2D eigenvalue weighted by atomic mass is 15.1.